The zero-order valence-corrected chi connectivity index (χ0v) is 41.1. The molecule has 2 aliphatic carbocycles. The summed E-state index contributed by atoms with van der Waals surface area (Å²) in [6, 6.07) is 50.3. The number of benzene rings is 6. The summed E-state index contributed by atoms with van der Waals surface area (Å²) in [6.07, 6.45) is 16.7. The molecule has 4 heteroatoms. The number of hydrogen-bond acceptors (Lipinski definition) is 0. The Labute approximate surface area is 387 Å². The molecule has 2 fully saturated rings. The molecule has 0 atom stereocenters. The number of hydrogen-bond donors (Lipinski definition) is 0. The van der Waals surface area contributed by atoms with Crippen molar-refractivity contribution in [3.05, 3.63) is 156 Å². The summed E-state index contributed by atoms with van der Waals surface area (Å²) >= 11 is 1.74. The van der Waals surface area contributed by atoms with Gasteiger partial charge in [-0.3, -0.25) is 0 Å². The van der Waals surface area contributed by atoms with Gasteiger partial charge in [-0.1, -0.05) is 171 Å². The normalized spacial score (nSPS) is 14.5. The Balaban J connectivity index is 0.000000179. The van der Waals surface area contributed by atoms with Gasteiger partial charge in [0.15, 0.2) is 0 Å². The first-order valence-corrected chi connectivity index (χ1v) is 28.3. The van der Waals surface area contributed by atoms with Gasteiger partial charge in [-0.25, -0.2) is 0 Å². The molecule has 60 heavy (non-hydrogen) atoms. The summed E-state index contributed by atoms with van der Waals surface area (Å²) in [5.74, 6) is 1.78. The van der Waals surface area contributed by atoms with Crippen molar-refractivity contribution < 1.29 is 48.1 Å². The van der Waals surface area contributed by atoms with Crippen LogP contribution in [0.5, 0.6) is 0 Å². The zero-order valence-electron chi connectivity index (χ0n) is 36.1. The zero-order chi connectivity index (χ0) is 40.0. The van der Waals surface area contributed by atoms with Gasteiger partial charge in [0.1, 0.15) is 0 Å². The summed E-state index contributed by atoms with van der Waals surface area (Å²) in [5, 5.41) is 10.9. The van der Waals surface area contributed by atoms with Crippen LogP contribution in [0.1, 0.15) is 86.5 Å². The van der Waals surface area contributed by atoms with E-state index in [0.29, 0.717) is 0 Å². The van der Waals surface area contributed by atoms with Gasteiger partial charge in [-0.2, -0.15) is 12.1 Å². The number of fused-ring (bicyclic) bond motifs is 4. The first-order valence-electron chi connectivity index (χ1n) is 22.2. The second-order valence-electron chi connectivity index (χ2n) is 17.9. The molecule has 0 heterocycles. The molecule has 2 saturated carbocycles. The van der Waals surface area contributed by atoms with Gasteiger partial charge in [-0.05, 0) is 83.3 Å². The van der Waals surface area contributed by atoms with Crippen LogP contribution in [0, 0.1) is 25.7 Å². The van der Waals surface area contributed by atoms with E-state index in [1.165, 1.54) is 165 Å². The standard InChI is InChI=1S/2C27H27.C2H6Si.2ClH.Zr/c2*1-19-13-25-16-21(15-20-7-3-2-4-8-20)17-27(25)26(14-19)24-12-11-22-9-5-6-10-23(22)18-24;1-3-2;;;/h2*5-6,9-14,16-18,20H,2-4,7-8,15H2,1H3;1-2H3;2*1H;/q2*-1;;;;+2/p-2. The molecule has 8 aromatic rings. The van der Waals surface area contributed by atoms with Crippen LogP contribution < -0.4 is 24.8 Å². The number of aryl methyl sites for hydroxylation is 2. The van der Waals surface area contributed by atoms with Crippen LogP contribution in [0.4, 0.5) is 0 Å². The smallest absolute Gasteiger partial charge is 0.0178 e. The molecule has 10 rings (SSSR count). The third-order valence-corrected chi connectivity index (χ3v) is 12.7. The Morgan fingerprint density at radius 3 is 1.23 bits per heavy atom. The Hall–Kier alpha value is -3.26. The predicted molar refractivity (Wildman–Crippen MR) is 252 cm³/mol. The van der Waals surface area contributed by atoms with Crippen LogP contribution in [0.25, 0.3) is 65.3 Å². The van der Waals surface area contributed by atoms with Gasteiger partial charge in [0.05, 0.1) is 0 Å². The molecule has 8 aromatic carbocycles. The third-order valence-electron chi connectivity index (χ3n) is 12.7. The quantitative estimate of drug-likeness (QED) is 0.115. The van der Waals surface area contributed by atoms with Gasteiger partial charge in [-0.15, -0.1) is 56.9 Å². The Morgan fingerprint density at radius 2 is 0.850 bits per heavy atom. The van der Waals surface area contributed by atoms with Crippen molar-refractivity contribution in [2.24, 2.45) is 11.8 Å². The summed E-state index contributed by atoms with van der Waals surface area (Å²) in [6.45, 7) is 9.06. The van der Waals surface area contributed by atoms with E-state index in [-0.39, 0.29) is 30.2 Å². The summed E-state index contributed by atoms with van der Waals surface area (Å²) in [4.78, 5) is 0. The topological polar surface area (TPSA) is 0 Å². The molecular formula is C56H60Cl2SiZr-2. The monoisotopic (exact) mass is 920 g/mol. The minimum Gasteiger partial charge on any atom is -1.00 e. The van der Waals surface area contributed by atoms with Gasteiger partial charge >= 0.3 is 41.9 Å². The maximum absolute atomic E-state index is 2.47. The van der Waals surface area contributed by atoms with Crippen LogP contribution in [-0.2, 0) is 36.2 Å². The molecule has 308 valence electrons. The fourth-order valence-corrected chi connectivity index (χ4v) is 9.94. The molecule has 0 nitrogen and oxygen atoms in total. The minimum absolute atomic E-state index is 0. The number of rotatable bonds is 6. The van der Waals surface area contributed by atoms with Crippen molar-refractivity contribution in [1.29, 1.82) is 0 Å². The molecular weight excluding hydrogens is 863 g/mol. The molecule has 0 N–H and O–H groups in total. The minimum atomic E-state index is 0. The fourth-order valence-electron chi connectivity index (χ4n) is 9.94. The van der Waals surface area contributed by atoms with Crippen LogP contribution in [0.3, 0.4) is 0 Å². The van der Waals surface area contributed by atoms with Gasteiger partial charge < -0.3 is 24.8 Å². The van der Waals surface area contributed by atoms with Crippen molar-refractivity contribution in [3.8, 4) is 22.3 Å². The Morgan fingerprint density at radius 1 is 0.483 bits per heavy atom. The average molecular weight is 923 g/mol. The third kappa shape index (κ3) is 11.6. The molecule has 0 bridgehead atoms. The van der Waals surface area contributed by atoms with E-state index in [2.05, 4.69) is 160 Å². The van der Waals surface area contributed by atoms with Crippen LogP contribution >= 0.6 is 0 Å². The molecule has 0 amide bonds. The second kappa shape index (κ2) is 21.7. The number of halogens is 2. The van der Waals surface area contributed by atoms with Crippen molar-refractivity contribution in [1.82, 2.24) is 0 Å². The van der Waals surface area contributed by atoms with E-state index >= 15 is 0 Å². The van der Waals surface area contributed by atoms with E-state index in [1.54, 1.807) is 23.3 Å². The van der Waals surface area contributed by atoms with E-state index in [9.17, 15) is 0 Å². The van der Waals surface area contributed by atoms with Gasteiger partial charge in [0.2, 0.25) is 0 Å². The molecule has 0 aliphatic heterocycles. The SMILES string of the molecule is C[Si](C)=[Zr+2].Cc1cc(-c2ccc3ccccc3c2)c2cc(CC3CCCCC3)[cH-]c2c1.Cc1cc(-c2ccc3ccccc3c2)c2cc(CC3CCCCC3)[cH-]c2c1.[Cl-].[Cl-]. The largest absolute Gasteiger partial charge is 1.00 e. The van der Waals surface area contributed by atoms with Gasteiger partial charge in [0, 0.05) is 0 Å². The van der Waals surface area contributed by atoms with Crippen molar-refractivity contribution in [3.63, 3.8) is 0 Å². The fraction of sp³-hybridized carbons (Fsp3) is 0.321. The maximum Gasteiger partial charge on any atom is -0.0178 e. The van der Waals surface area contributed by atoms with E-state index in [4.69, 9.17) is 0 Å². The summed E-state index contributed by atoms with van der Waals surface area (Å²) < 4.78 is 0. The predicted octanol–water partition coefficient (Wildman–Crippen LogP) is 10.4. The molecule has 0 unspecified atom stereocenters. The van der Waals surface area contributed by atoms with Crippen LogP contribution in [0.2, 0.25) is 13.1 Å². The summed E-state index contributed by atoms with van der Waals surface area (Å²) in [5.41, 5.74) is 11.4. The average Bonchev–Trinajstić information content (AvgIpc) is 3.83. The van der Waals surface area contributed by atoms with Crippen LogP contribution in [0.15, 0.2) is 133 Å². The van der Waals surface area contributed by atoms with E-state index in [1.807, 2.05) is 0 Å². The van der Waals surface area contributed by atoms with Crippen molar-refractivity contribution >= 4 is 48.5 Å². The molecule has 0 radical (unpaired) electrons. The van der Waals surface area contributed by atoms with E-state index in [0.717, 1.165) is 11.8 Å². The molecule has 0 spiro atoms. The molecule has 0 aromatic heterocycles. The first kappa shape index (κ1) is 46.2. The Kier molecular flexibility index (Phi) is 16.7. The van der Waals surface area contributed by atoms with Gasteiger partial charge in [0.25, 0.3) is 0 Å². The second-order valence-corrected chi connectivity index (χ2v) is 27.3. The summed E-state index contributed by atoms with van der Waals surface area (Å²) in [7, 11) is 0. The molecule has 2 aliphatic rings. The van der Waals surface area contributed by atoms with Crippen molar-refractivity contribution in [2.75, 3.05) is 0 Å². The van der Waals surface area contributed by atoms with E-state index < -0.39 is 0 Å². The van der Waals surface area contributed by atoms with Crippen molar-refractivity contribution in [2.45, 2.75) is 104 Å². The Bertz CT molecular complexity index is 2490. The van der Waals surface area contributed by atoms with Crippen LogP contribution in [-0.4, -0.2) is 5.43 Å². The first-order chi connectivity index (χ1) is 28.3. The molecule has 0 saturated heterocycles. The maximum atomic E-state index is 2.47.